The fraction of sp³-hybridized carbons (Fsp3) is 0.647. The summed E-state index contributed by atoms with van der Waals surface area (Å²) in [6.45, 7) is 6.72. The largest absolute Gasteiger partial charge is 0.507 e. The van der Waals surface area contributed by atoms with E-state index >= 15 is 0 Å². The van der Waals surface area contributed by atoms with Crippen LogP contribution < -0.4 is 4.74 Å². The monoisotopic (exact) mass is 277 g/mol. The zero-order valence-electron chi connectivity index (χ0n) is 12.9. The molecule has 3 heteroatoms. The molecule has 0 bridgehead atoms. The van der Waals surface area contributed by atoms with Crippen molar-refractivity contribution < 1.29 is 9.84 Å². The number of phenolic OH excluding ortho intramolecular Hbond substituents is 1. The van der Waals surface area contributed by atoms with Crippen molar-refractivity contribution in [3.05, 3.63) is 23.8 Å². The molecule has 1 fully saturated rings. The standard InChI is InChI=1S/C17H27NO2/c1-4-5-14-8-10-18(11-9-14)13(2)16-7-6-15(20-3)12-17(16)19/h6-7,12-14,19H,4-5,8-11H2,1-3H3. The lowest BCUT2D eigenvalue weighted by molar-refractivity contribution is 0.135. The molecule has 1 aliphatic rings. The van der Waals surface area contributed by atoms with Gasteiger partial charge in [-0.1, -0.05) is 25.8 Å². The van der Waals surface area contributed by atoms with Gasteiger partial charge in [-0.15, -0.1) is 0 Å². The third-order valence-corrected chi connectivity index (χ3v) is 4.58. The summed E-state index contributed by atoms with van der Waals surface area (Å²) in [6, 6.07) is 5.88. The van der Waals surface area contributed by atoms with Gasteiger partial charge < -0.3 is 9.84 Å². The Balaban J connectivity index is 2.00. The fourth-order valence-electron chi connectivity index (χ4n) is 3.24. The molecule has 3 nitrogen and oxygen atoms in total. The zero-order chi connectivity index (χ0) is 14.5. The highest BCUT2D eigenvalue weighted by molar-refractivity contribution is 5.41. The summed E-state index contributed by atoms with van der Waals surface area (Å²) < 4.78 is 5.14. The van der Waals surface area contributed by atoms with Crippen molar-refractivity contribution in [2.75, 3.05) is 20.2 Å². The van der Waals surface area contributed by atoms with Gasteiger partial charge in [0, 0.05) is 17.7 Å². The van der Waals surface area contributed by atoms with Gasteiger partial charge in [0.25, 0.3) is 0 Å². The van der Waals surface area contributed by atoms with Gasteiger partial charge in [0.2, 0.25) is 0 Å². The Labute approximate surface area is 122 Å². The van der Waals surface area contributed by atoms with E-state index in [1.54, 1.807) is 13.2 Å². The van der Waals surface area contributed by atoms with Crippen LogP contribution in [0.4, 0.5) is 0 Å². The number of likely N-dealkylation sites (tertiary alicyclic amines) is 1. The lowest BCUT2D eigenvalue weighted by atomic mass is 9.91. The van der Waals surface area contributed by atoms with Crippen molar-refractivity contribution >= 4 is 0 Å². The highest BCUT2D eigenvalue weighted by Gasteiger charge is 2.24. The van der Waals surface area contributed by atoms with E-state index in [1.807, 2.05) is 12.1 Å². The van der Waals surface area contributed by atoms with E-state index in [0.717, 1.165) is 24.6 Å². The van der Waals surface area contributed by atoms with Crippen LogP contribution in [0, 0.1) is 5.92 Å². The minimum atomic E-state index is 0.267. The number of benzene rings is 1. The molecule has 1 aromatic rings. The number of rotatable bonds is 5. The topological polar surface area (TPSA) is 32.7 Å². The molecule has 1 saturated heterocycles. The number of hydrogen-bond acceptors (Lipinski definition) is 3. The Bertz CT molecular complexity index is 425. The average Bonchev–Trinajstić information content (AvgIpc) is 2.47. The third-order valence-electron chi connectivity index (χ3n) is 4.58. The summed E-state index contributed by atoms with van der Waals surface area (Å²) >= 11 is 0. The molecule has 1 aliphatic heterocycles. The van der Waals surface area contributed by atoms with Crippen LogP contribution in [-0.2, 0) is 0 Å². The Hall–Kier alpha value is -1.22. The fourth-order valence-corrected chi connectivity index (χ4v) is 3.24. The lowest BCUT2D eigenvalue weighted by Crippen LogP contribution is -2.35. The molecule has 1 heterocycles. The van der Waals surface area contributed by atoms with Gasteiger partial charge in [0.15, 0.2) is 0 Å². The third kappa shape index (κ3) is 3.45. The predicted octanol–water partition coefficient (Wildman–Crippen LogP) is 3.97. The smallest absolute Gasteiger partial charge is 0.124 e. The van der Waals surface area contributed by atoms with Crippen molar-refractivity contribution in [3.8, 4) is 11.5 Å². The van der Waals surface area contributed by atoms with E-state index in [9.17, 15) is 5.11 Å². The molecular weight excluding hydrogens is 250 g/mol. The molecule has 0 aromatic heterocycles. The van der Waals surface area contributed by atoms with E-state index < -0.39 is 0 Å². The van der Waals surface area contributed by atoms with Crippen LogP contribution >= 0.6 is 0 Å². The van der Waals surface area contributed by atoms with Crippen LogP contribution in [0.2, 0.25) is 0 Å². The second-order valence-electron chi connectivity index (χ2n) is 5.87. The molecule has 112 valence electrons. The Morgan fingerprint density at radius 1 is 1.35 bits per heavy atom. The van der Waals surface area contributed by atoms with Crippen LogP contribution in [0.5, 0.6) is 11.5 Å². The first kappa shape index (κ1) is 15.2. The quantitative estimate of drug-likeness (QED) is 0.884. The molecule has 0 radical (unpaired) electrons. The first-order valence-corrected chi connectivity index (χ1v) is 7.76. The average molecular weight is 277 g/mol. The van der Waals surface area contributed by atoms with Crippen LogP contribution in [0.15, 0.2) is 18.2 Å². The van der Waals surface area contributed by atoms with Crippen molar-refractivity contribution in [3.63, 3.8) is 0 Å². The van der Waals surface area contributed by atoms with Crippen LogP contribution in [0.3, 0.4) is 0 Å². The van der Waals surface area contributed by atoms with E-state index in [-0.39, 0.29) is 6.04 Å². The van der Waals surface area contributed by atoms with Gasteiger partial charge in [0.1, 0.15) is 11.5 Å². The summed E-state index contributed by atoms with van der Waals surface area (Å²) in [5, 5.41) is 10.2. The number of methoxy groups -OCH3 is 1. The SMILES string of the molecule is CCCC1CCN(C(C)c2ccc(OC)cc2O)CC1. The Kier molecular flexibility index (Phi) is 5.30. The van der Waals surface area contributed by atoms with E-state index in [1.165, 1.54) is 25.7 Å². The maximum atomic E-state index is 10.2. The summed E-state index contributed by atoms with van der Waals surface area (Å²) in [4.78, 5) is 2.48. The van der Waals surface area contributed by atoms with Gasteiger partial charge in [-0.25, -0.2) is 0 Å². The normalized spacial score (nSPS) is 18.9. The highest BCUT2D eigenvalue weighted by Crippen LogP contribution is 2.34. The second-order valence-corrected chi connectivity index (χ2v) is 5.87. The molecule has 1 atom stereocenters. The summed E-state index contributed by atoms with van der Waals surface area (Å²) in [6.07, 6.45) is 5.22. The molecule has 1 aromatic carbocycles. The lowest BCUT2D eigenvalue weighted by Gasteiger charge is -2.36. The molecule has 1 unspecified atom stereocenters. The zero-order valence-corrected chi connectivity index (χ0v) is 12.9. The Morgan fingerprint density at radius 2 is 2.05 bits per heavy atom. The van der Waals surface area contributed by atoms with Crippen LogP contribution in [-0.4, -0.2) is 30.2 Å². The molecular formula is C17H27NO2. The summed E-state index contributed by atoms with van der Waals surface area (Å²) in [7, 11) is 1.62. The summed E-state index contributed by atoms with van der Waals surface area (Å²) in [5.74, 6) is 1.94. The van der Waals surface area contributed by atoms with Crippen molar-refractivity contribution in [2.45, 2.75) is 45.6 Å². The van der Waals surface area contributed by atoms with Gasteiger partial charge in [-0.05, 0) is 44.8 Å². The maximum absolute atomic E-state index is 10.2. The molecule has 20 heavy (non-hydrogen) atoms. The number of piperidine rings is 1. The molecule has 0 aliphatic carbocycles. The van der Waals surface area contributed by atoms with Crippen molar-refractivity contribution in [1.29, 1.82) is 0 Å². The van der Waals surface area contributed by atoms with E-state index in [4.69, 9.17) is 4.74 Å². The first-order valence-electron chi connectivity index (χ1n) is 7.76. The van der Waals surface area contributed by atoms with Crippen molar-refractivity contribution in [1.82, 2.24) is 4.90 Å². The van der Waals surface area contributed by atoms with E-state index in [0.29, 0.717) is 11.5 Å². The van der Waals surface area contributed by atoms with Gasteiger partial charge >= 0.3 is 0 Å². The van der Waals surface area contributed by atoms with Crippen LogP contribution in [0.25, 0.3) is 0 Å². The number of phenols is 1. The Morgan fingerprint density at radius 3 is 2.60 bits per heavy atom. The maximum Gasteiger partial charge on any atom is 0.124 e. The van der Waals surface area contributed by atoms with Crippen LogP contribution in [0.1, 0.15) is 51.1 Å². The second kappa shape index (κ2) is 6.98. The first-order chi connectivity index (χ1) is 9.65. The molecule has 0 saturated carbocycles. The number of nitrogens with zero attached hydrogens (tertiary/aromatic N) is 1. The number of aromatic hydroxyl groups is 1. The molecule has 0 spiro atoms. The predicted molar refractivity (Wildman–Crippen MR) is 82.3 cm³/mol. The molecule has 0 amide bonds. The molecule has 1 N–H and O–H groups in total. The molecule has 2 rings (SSSR count). The van der Waals surface area contributed by atoms with Gasteiger partial charge in [-0.3, -0.25) is 4.90 Å². The summed E-state index contributed by atoms with van der Waals surface area (Å²) in [5.41, 5.74) is 1.000. The highest BCUT2D eigenvalue weighted by atomic mass is 16.5. The van der Waals surface area contributed by atoms with Crippen molar-refractivity contribution in [2.24, 2.45) is 5.92 Å². The minimum Gasteiger partial charge on any atom is -0.507 e. The van der Waals surface area contributed by atoms with Gasteiger partial charge in [0.05, 0.1) is 7.11 Å². The van der Waals surface area contributed by atoms with E-state index in [2.05, 4.69) is 18.7 Å². The number of hydrogen-bond donors (Lipinski definition) is 1. The van der Waals surface area contributed by atoms with Gasteiger partial charge in [-0.2, -0.15) is 0 Å². The minimum absolute atomic E-state index is 0.267. The number of ether oxygens (including phenoxy) is 1.